The van der Waals surface area contributed by atoms with E-state index < -0.39 is 0 Å². The lowest BCUT2D eigenvalue weighted by molar-refractivity contribution is 0.416. The summed E-state index contributed by atoms with van der Waals surface area (Å²) in [6, 6.07) is 2.36. The maximum atomic E-state index is 5.26. The summed E-state index contributed by atoms with van der Waals surface area (Å²) in [6.45, 7) is 2.12. The van der Waals surface area contributed by atoms with Gasteiger partial charge in [-0.05, 0) is 35.5 Å². The van der Waals surface area contributed by atoms with E-state index in [9.17, 15) is 0 Å². The van der Waals surface area contributed by atoms with Crippen LogP contribution in [-0.2, 0) is 19.9 Å². The molecule has 2 aromatic rings. The Labute approximate surface area is 132 Å². The first-order chi connectivity index (χ1) is 9.60. The molecule has 1 N–H and O–H groups in total. The number of likely N-dealkylation sites (N-methyl/N-ethyl adjacent to an activating group) is 1. The van der Waals surface area contributed by atoms with Crippen molar-refractivity contribution in [1.29, 1.82) is 0 Å². The molecule has 2 rings (SSSR count). The Bertz CT molecular complexity index is 579. The van der Waals surface area contributed by atoms with Crippen molar-refractivity contribution in [3.05, 3.63) is 32.2 Å². The molecule has 110 valence electrons. The third-order valence-electron chi connectivity index (χ3n) is 3.42. The second kappa shape index (κ2) is 6.74. The zero-order valence-corrected chi connectivity index (χ0v) is 14.6. The number of ether oxygens (including phenoxy) is 1. The van der Waals surface area contributed by atoms with Crippen molar-refractivity contribution >= 4 is 27.3 Å². The number of aryl methyl sites for hydroxylation is 2. The van der Waals surface area contributed by atoms with E-state index in [0.717, 1.165) is 28.8 Å². The van der Waals surface area contributed by atoms with E-state index in [-0.39, 0.29) is 6.04 Å². The van der Waals surface area contributed by atoms with E-state index in [4.69, 9.17) is 4.74 Å². The van der Waals surface area contributed by atoms with Gasteiger partial charge >= 0.3 is 0 Å². The van der Waals surface area contributed by atoms with Crippen LogP contribution in [0.25, 0.3) is 0 Å². The second-order valence-electron chi connectivity index (χ2n) is 4.62. The van der Waals surface area contributed by atoms with E-state index >= 15 is 0 Å². The molecule has 2 aromatic heterocycles. The molecule has 0 aliphatic carbocycles. The van der Waals surface area contributed by atoms with Gasteiger partial charge in [-0.25, -0.2) is 0 Å². The van der Waals surface area contributed by atoms with Crippen molar-refractivity contribution < 1.29 is 4.74 Å². The standard InChI is InChI=1S/C14H20BrN3OS/c1-5-10-14(15)12(18(3)17-10)7-11(16-2)13-6-9(19-4)8-20-13/h6,8,11,16H,5,7H2,1-4H3. The highest BCUT2D eigenvalue weighted by Gasteiger charge is 2.19. The van der Waals surface area contributed by atoms with Crippen molar-refractivity contribution in [2.45, 2.75) is 25.8 Å². The van der Waals surface area contributed by atoms with Crippen molar-refractivity contribution in [2.75, 3.05) is 14.2 Å². The molecule has 1 atom stereocenters. The van der Waals surface area contributed by atoms with E-state index in [2.05, 4.69) is 39.3 Å². The number of methoxy groups -OCH3 is 1. The lowest BCUT2D eigenvalue weighted by atomic mass is 10.1. The SMILES string of the molecule is CCc1nn(C)c(CC(NC)c2cc(OC)cs2)c1Br. The lowest BCUT2D eigenvalue weighted by Gasteiger charge is -2.15. The van der Waals surface area contributed by atoms with Crippen LogP contribution in [0, 0.1) is 0 Å². The van der Waals surface area contributed by atoms with Crippen LogP contribution >= 0.6 is 27.3 Å². The van der Waals surface area contributed by atoms with Gasteiger partial charge in [-0.3, -0.25) is 4.68 Å². The fourth-order valence-corrected chi connectivity index (χ4v) is 3.95. The summed E-state index contributed by atoms with van der Waals surface area (Å²) >= 11 is 5.40. The number of aromatic nitrogens is 2. The fraction of sp³-hybridized carbons (Fsp3) is 0.500. The maximum Gasteiger partial charge on any atom is 0.129 e. The highest BCUT2D eigenvalue weighted by atomic mass is 79.9. The molecule has 0 bridgehead atoms. The minimum Gasteiger partial charge on any atom is -0.496 e. The summed E-state index contributed by atoms with van der Waals surface area (Å²) in [5.74, 6) is 0.920. The molecule has 0 amide bonds. The fourth-order valence-electron chi connectivity index (χ4n) is 2.20. The Hall–Kier alpha value is -0.850. The molecular formula is C14H20BrN3OS. The molecule has 2 heterocycles. The van der Waals surface area contributed by atoms with Crippen molar-refractivity contribution in [2.24, 2.45) is 7.05 Å². The molecule has 0 aliphatic rings. The van der Waals surface area contributed by atoms with Gasteiger partial charge in [0.2, 0.25) is 0 Å². The molecule has 0 radical (unpaired) electrons. The zero-order chi connectivity index (χ0) is 14.7. The van der Waals surface area contributed by atoms with Gasteiger partial charge in [-0.15, -0.1) is 11.3 Å². The van der Waals surface area contributed by atoms with Gasteiger partial charge in [-0.2, -0.15) is 5.10 Å². The number of hydrogen-bond donors (Lipinski definition) is 1. The van der Waals surface area contributed by atoms with Gasteiger partial charge in [0.05, 0.1) is 23.0 Å². The van der Waals surface area contributed by atoms with Crippen LogP contribution in [0.3, 0.4) is 0 Å². The number of thiophene rings is 1. The predicted molar refractivity (Wildman–Crippen MR) is 86.7 cm³/mol. The Balaban J connectivity index is 2.24. The Kier molecular flexibility index (Phi) is 5.23. The molecule has 6 heteroatoms. The summed E-state index contributed by atoms with van der Waals surface area (Å²) in [4.78, 5) is 1.27. The Morgan fingerprint density at radius 3 is 2.80 bits per heavy atom. The number of nitrogens with zero attached hydrogens (tertiary/aromatic N) is 2. The van der Waals surface area contributed by atoms with Crippen molar-refractivity contribution in [1.82, 2.24) is 15.1 Å². The Morgan fingerprint density at radius 1 is 1.55 bits per heavy atom. The van der Waals surface area contributed by atoms with E-state index in [1.165, 1.54) is 10.6 Å². The van der Waals surface area contributed by atoms with Gasteiger partial charge in [0.1, 0.15) is 5.75 Å². The van der Waals surface area contributed by atoms with Gasteiger partial charge < -0.3 is 10.1 Å². The molecule has 1 unspecified atom stereocenters. The number of nitrogens with one attached hydrogen (secondary N) is 1. The van der Waals surface area contributed by atoms with Crippen molar-refractivity contribution in [3.63, 3.8) is 0 Å². The number of halogens is 1. The summed E-state index contributed by atoms with van der Waals surface area (Å²) in [6.07, 6.45) is 1.83. The van der Waals surface area contributed by atoms with Crippen LogP contribution in [0.2, 0.25) is 0 Å². The van der Waals surface area contributed by atoms with Gasteiger partial charge in [0.15, 0.2) is 0 Å². The smallest absolute Gasteiger partial charge is 0.129 e. The molecule has 0 saturated heterocycles. The van der Waals surface area contributed by atoms with Gasteiger partial charge in [-0.1, -0.05) is 6.92 Å². The summed E-state index contributed by atoms with van der Waals surface area (Å²) in [5, 5.41) is 9.97. The zero-order valence-electron chi connectivity index (χ0n) is 12.2. The maximum absolute atomic E-state index is 5.26. The summed E-state index contributed by atoms with van der Waals surface area (Å²) < 4.78 is 8.37. The van der Waals surface area contributed by atoms with Crippen LogP contribution in [0.15, 0.2) is 15.9 Å². The summed E-state index contributed by atoms with van der Waals surface area (Å²) in [7, 11) is 5.69. The van der Waals surface area contributed by atoms with Crippen LogP contribution in [-0.4, -0.2) is 23.9 Å². The van der Waals surface area contributed by atoms with E-state index in [0.29, 0.717) is 0 Å². The first-order valence-corrected chi connectivity index (χ1v) is 8.27. The summed E-state index contributed by atoms with van der Waals surface area (Å²) in [5.41, 5.74) is 2.33. The molecule has 0 saturated carbocycles. The monoisotopic (exact) mass is 357 g/mol. The normalized spacial score (nSPS) is 12.7. The third kappa shape index (κ3) is 3.07. The lowest BCUT2D eigenvalue weighted by Crippen LogP contribution is -2.19. The minimum atomic E-state index is 0.264. The average Bonchev–Trinajstić information content (AvgIpc) is 3.02. The highest BCUT2D eigenvalue weighted by molar-refractivity contribution is 9.10. The predicted octanol–water partition coefficient (Wildman–Crippen LogP) is 3.32. The topological polar surface area (TPSA) is 39.1 Å². The second-order valence-corrected chi connectivity index (χ2v) is 6.35. The van der Waals surface area contributed by atoms with Crippen LogP contribution in [0.4, 0.5) is 0 Å². The largest absolute Gasteiger partial charge is 0.496 e. The molecular weight excluding hydrogens is 338 g/mol. The van der Waals surface area contributed by atoms with E-state index in [1.807, 2.05) is 24.2 Å². The molecule has 4 nitrogen and oxygen atoms in total. The molecule has 0 spiro atoms. The molecule has 0 fully saturated rings. The van der Waals surface area contributed by atoms with Gasteiger partial charge in [0, 0.05) is 29.8 Å². The quantitative estimate of drug-likeness (QED) is 0.861. The highest BCUT2D eigenvalue weighted by Crippen LogP contribution is 2.31. The van der Waals surface area contributed by atoms with E-state index in [1.54, 1.807) is 18.4 Å². The van der Waals surface area contributed by atoms with Gasteiger partial charge in [0.25, 0.3) is 0 Å². The minimum absolute atomic E-state index is 0.264. The van der Waals surface area contributed by atoms with Crippen LogP contribution in [0.5, 0.6) is 5.75 Å². The molecule has 0 aromatic carbocycles. The van der Waals surface area contributed by atoms with Crippen molar-refractivity contribution in [3.8, 4) is 5.75 Å². The van der Waals surface area contributed by atoms with Crippen LogP contribution in [0.1, 0.15) is 29.2 Å². The number of hydrogen-bond acceptors (Lipinski definition) is 4. The first kappa shape index (κ1) is 15.5. The first-order valence-electron chi connectivity index (χ1n) is 6.60. The average molecular weight is 358 g/mol. The van der Waals surface area contributed by atoms with Crippen LogP contribution < -0.4 is 10.1 Å². The molecule has 0 aliphatic heterocycles. The third-order valence-corrected chi connectivity index (χ3v) is 5.36. The number of rotatable bonds is 6. The molecule has 20 heavy (non-hydrogen) atoms. The Morgan fingerprint density at radius 2 is 2.30 bits per heavy atom.